The molecule has 3 aliphatic carbocycles. The highest BCUT2D eigenvalue weighted by molar-refractivity contribution is 5.74. The first-order valence-corrected chi connectivity index (χ1v) is 9.01. The molecule has 0 radical (unpaired) electrons. The van der Waals surface area contributed by atoms with E-state index in [-0.39, 0.29) is 12.6 Å². The van der Waals surface area contributed by atoms with Crippen LogP contribution in [0.15, 0.2) is 24.3 Å². The standard InChI is InChI=1S/C19H26N2O2/c22-18(21-17(14-7-8-14)15-9-10-15)20-12-19(23)11-3-5-13-4-1-2-6-16(13)19/h1-2,4,6,14-15,17,23H,3,5,7-12H2,(H2,20,21,22). The first-order valence-electron chi connectivity index (χ1n) is 9.01. The van der Waals surface area contributed by atoms with Crippen molar-refractivity contribution < 1.29 is 9.90 Å². The molecule has 2 fully saturated rings. The molecular formula is C19H26N2O2. The summed E-state index contributed by atoms with van der Waals surface area (Å²) >= 11 is 0. The number of hydrogen-bond acceptors (Lipinski definition) is 2. The number of carbonyl (C=O) groups excluding carboxylic acids is 1. The van der Waals surface area contributed by atoms with Gasteiger partial charge in [-0.2, -0.15) is 0 Å². The topological polar surface area (TPSA) is 61.4 Å². The number of carbonyl (C=O) groups is 1. The Hall–Kier alpha value is -1.55. The Morgan fingerprint density at radius 3 is 2.61 bits per heavy atom. The molecule has 0 heterocycles. The van der Waals surface area contributed by atoms with Gasteiger partial charge >= 0.3 is 6.03 Å². The number of nitrogens with one attached hydrogen (secondary N) is 2. The molecule has 2 saturated carbocycles. The molecule has 0 aliphatic heterocycles. The molecule has 1 unspecified atom stereocenters. The van der Waals surface area contributed by atoms with E-state index in [4.69, 9.17) is 0 Å². The van der Waals surface area contributed by atoms with Crippen LogP contribution >= 0.6 is 0 Å². The Labute approximate surface area is 137 Å². The van der Waals surface area contributed by atoms with E-state index in [1.54, 1.807) is 0 Å². The van der Waals surface area contributed by atoms with Crippen molar-refractivity contribution in [1.82, 2.24) is 10.6 Å². The lowest BCUT2D eigenvalue weighted by Gasteiger charge is -2.34. The zero-order valence-corrected chi connectivity index (χ0v) is 13.6. The summed E-state index contributed by atoms with van der Waals surface area (Å²) in [6.45, 7) is 0.290. The van der Waals surface area contributed by atoms with Crippen molar-refractivity contribution in [3.05, 3.63) is 35.4 Å². The number of amides is 2. The maximum absolute atomic E-state index is 12.3. The van der Waals surface area contributed by atoms with Gasteiger partial charge in [0.05, 0.1) is 6.54 Å². The summed E-state index contributed by atoms with van der Waals surface area (Å²) in [6.07, 6.45) is 7.67. The lowest BCUT2D eigenvalue weighted by molar-refractivity contribution is 0.0215. The van der Waals surface area contributed by atoms with Crippen molar-refractivity contribution in [3.8, 4) is 0 Å². The zero-order chi connectivity index (χ0) is 15.9. The van der Waals surface area contributed by atoms with E-state index in [0.29, 0.717) is 24.3 Å². The maximum Gasteiger partial charge on any atom is 0.315 e. The molecule has 4 rings (SSSR count). The minimum Gasteiger partial charge on any atom is -0.383 e. The number of hydrogen-bond donors (Lipinski definition) is 3. The van der Waals surface area contributed by atoms with Crippen LogP contribution in [0.1, 0.15) is 49.7 Å². The summed E-state index contributed by atoms with van der Waals surface area (Å²) in [5.41, 5.74) is 1.26. The number of aliphatic hydroxyl groups is 1. The van der Waals surface area contributed by atoms with Crippen LogP contribution in [-0.4, -0.2) is 23.7 Å². The van der Waals surface area contributed by atoms with Gasteiger partial charge < -0.3 is 15.7 Å². The highest BCUT2D eigenvalue weighted by Gasteiger charge is 2.42. The minimum atomic E-state index is -0.930. The summed E-state index contributed by atoms with van der Waals surface area (Å²) in [6, 6.07) is 8.28. The molecule has 23 heavy (non-hydrogen) atoms. The van der Waals surface area contributed by atoms with E-state index in [1.807, 2.05) is 18.2 Å². The number of urea groups is 1. The Morgan fingerprint density at radius 1 is 1.22 bits per heavy atom. The molecule has 1 atom stereocenters. The normalized spacial score (nSPS) is 26.7. The van der Waals surface area contributed by atoms with Crippen LogP contribution in [0.2, 0.25) is 0 Å². The maximum atomic E-state index is 12.3. The fraction of sp³-hybridized carbons (Fsp3) is 0.632. The second-order valence-corrected chi connectivity index (χ2v) is 7.57. The number of rotatable bonds is 5. The lowest BCUT2D eigenvalue weighted by Crippen LogP contribution is -2.49. The molecule has 0 spiro atoms. The molecular weight excluding hydrogens is 288 g/mol. The average Bonchev–Trinajstić information content (AvgIpc) is 3.45. The second-order valence-electron chi connectivity index (χ2n) is 7.57. The summed E-state index contributed by atoms with van der Waals surface area (Å²) in [7, 11) is 0. The first kappa shape index (κ1) is 15.0. The summed E-state index contributed by atoms with van der Waals surface area (Å²) in [5, 5.41) is 17.1. The third kappa shape index (κ3) is 3.23. The molecule has 124 valence electrons. The second kappa shape index (κ2) is 5.82. The van der Waals surface area contributed by atoms with Crippen molar-refractivity contribution >= 4 is 6.03 Å². The molecule has 3 aliphatic rings. The molecule has 0 bridgehead atoms. The third-order valence-corrected chi connectivity index (χ3v) is 5.65. The van der Waals surface area contributed by atoms with Gasteiger partial charge in [-0.05, 0) is 67.9 Å². The summed E-state index contributed by atoms with van der Waals surface area (Å²) in [4.78, 5) is 12.3. The average molecular weight is 314 g/mol. The van der Waals surface area contributed by atoms with Gasteiger partial charge in [0.15, 0.2) is 0 Å². The van der Waals surface area contributed by atoms with Crippen LogP contribution in [0.3, 0.4) is 0 Å². The summed E-state index contributed by atoms with van der Waals surface area (Å²) < 4.78 is 0. The largest absolute Gasteiger partial charge is 0.383 e. The van der Waals surface area contributed by atoms with Crippen molar-refractivity contribution in [2.24, 2.45) is 11.8 Å². The fourth-order valence-electron chi connectivity index (χ4n) is 4.04. The fourth-order valence-corrected chi connectivity index (χ4v) is 4.04. The molecule has 1 aromatic rings. The van der Waals surface area contributed by atoms with Crippen LogP contribution in [0, 0.1) is 11.8 Å². The van der Waals surface area contributed by atoms with Crippen molar-refractivity contribution in [2.45, 2.75) is 56.6 Å². The molecule has 1 aromatic carbocycles. The van der Waals surface area contributed by atoms with E-state index in [1.165, 1.54) is 31.2 Å². The number of benzene rings is 1. The van der Waals surface area contributed by atoms with E-state index >= 15 is 0 Å². The monoisotopic (exact) mass is 314 g/mol. The molecule has 2 amide bonds. The van der Waals surface area contributed by atoms with Crippen LogP contribution in [0.4, 0.5) is 4.79 Å². The van der Waals surface area contributed by atoms with Gasteiger partial charge in [0.2, 0.25) is 0 Å². The van der Waals surface area contributed by atoms with Gasteiger partial charge in [0.1, 0.15) is 5.60 Å². The van der Waals surface area contributed by atoms with Crippen molar-refractivity contribution in [1.29, 1.82) is 0 Å². The molecule has 0 aromatic heterocycles. The SMILES string of the molecule is O=C(NCC1(O)CCCc2ccccc21)NC(C1CC1)C1CC1. The van der Waals surface area contributed by atoms with Crippen LogP contribution in [-0.2, 0) is 12.0 Å². The Balaban J connectivity index is 1.37. The first-order chi connectivity index (χ1) is 11.2. The molecule has 4 nitrogen and oxygen atoms in total. The third-order valence-electron chi connectivity index (χ3n) is 5.65. The molecule has 3 N–H and O–H groups in total. The van der Waals surface area contributed by atoms with E-state index in [9.17, 15) is 9.90 Å². The quantitative estimate of drug-likeness (QED) is 0.782. The predicted molar refractivity (Wildman–Crippen MR) is 89.0 cm³/mol. The highest BCUT2D eigenvalue weighted by atomic mass is 16.3. The highest BCUT2D eigenvalue weighted by Crippen LogP contribution is 2.44. The van der Waals surface area contributed by atoms with Gasteiger partial charge in [-0.25, -0.2) is 4.79 Å². The Morgan fingerprint density at radius 2 is 1.91 bits per heavy atom. The Kier molecular flexibility index (Phi) is 3.80. The number of aryl methyl sites for hydroxylation is 1. The van der Waals surface area contributed by atoms with Gasteiger partial charge in [0.25, 0.3) is 0 Å². The molecule has 0 saturated heterocycles. The van der Waals surface area contributed by atoms with E-state index in [0.717, 1.165) is 18.4 Å². The lowest BCUT2D eigenvalue weighted by atomic mass is 9.79. The van der Waals surface area contributed by atoms with Gasteiger partial charge in [-0.1, -0.05) is 24.3 Å². The zero-order valence-electron chi connectivity index (χ0n) is 13.6. The minimum absolute atomic E-state index is 0.120. The smallest absolute Gasteiger partial charge is 0.315 e. The van der Waals surface area contributed by atoms with Crippen molar-refractivity contribution in [2.75, 3.05) is 6.54 Å². The van der Waals surface area contributed by atoms with Crippen LogP contribution in [0.25, 0.3) is 0 Å². The van der Waals surface area contributed by atoms with E-state index in [2.05, 4.69) is 16.7 Å². The van der Waals surface area contributed by atoms with Gasteiger partial charge in [-0.15, -0.1) is 0 Å². The summed E-state index contributed by atoms with van der Waals surface area (Å²) in [5.74, 6) is 1.37. The molecule has 4 heteroatoms. The van der Waals surface area contributed by atoms with Crippen molar-refractivity contribution in [3.63, 3.8) is 0 Å². The predicted octanol–water partition coefficient (Wildman–Crippen LogP) is 2.70. The van der Waals surface area contributed by atoms with Gasteiger partial charge in [-0.3, -0.25) is 0 Å². The Bertz CT molecular complexity index is 583. The van der Waals surface area contributed by atoms with Crippen LogP contribution in [0.5, 0.6) is 0 Å². The van der Waals surface area contributed by atoms with E-state index < -0.39 is 5.60 Å². The number of fused-ring (bicyclic) bond motifs is 1. The van der Waals surface area contributed by atoms with Gasteiger partial charge in [0, 0.05) is 6.04 Å². The van der Waals surface area contributed by atoms with Crippen LogP contribution < -0.4 is 10.6 Å².